The number of aryl methyl sites for hydroxylation is 1. The molecule has 1 aliphatic heterocycles. The van der Waals surface area contributed by atoms with Crippen molar-refractivity contribution in [2.75, 3.05) is 18.1 Å². The zero-order chi connectivity index (χ0) is 12.8. The summed E-state index contributed by atoms with van der Waals surface area (Å²) in [5, 5.41) is 0.130. The molecule has 0 atom stereocenters. The SMILES string of the molecule is CCC.Cc1cnc(Cl)nc1N1CCOC1=O. The van der Waals surface area contributed by atoms with E-state index in [0.29, 0.717) is 19.0 Å². The van der Waals surface area contributed by atoms with Gasteiger partial charge in [-0.1, -0.05) is 20.3 Å². The summed E-state index contributed by atoms with van der Waals surface area (Å²) in [7, 11) is 0. The van der Waals surface area contributed by atoms with Gasteiger partial charge in [0.15, 0.2) is 0 Å². The maximum atomic E-state index is 11.2. The van der Waals surface area contributed by atoms with Gasteiger partial charge in [-0.3, -0.25) is 4.90 Å². The lowest BCUT2D eigenvalue weighted by molar-refractivity contribution is 0.181. The van der Waals surface area contributed by atoms with Crippen LogP contribution in [0.5, 0.6) is 0 Å². The summed E-state index contributed by atoms with van der Waals surface area (Å²) < 4.78 is 4.80. The molecule has 0 N–H and O–H groups in total. The molecule has 1 aromatic rings. The van der Waals surface area contributed by atoms with Crippen molar-refractivity contribution in [2.24, 2.45) is 0 Å². The average Bonchev–Trinajstić information content (AvgIpc) is 2.69. The predicted octanol–water partition coefficient (Wildman–Crippen LogP) is 2.81. The van der Waals surface area contributed by atoms with Crippen LogP contribution in [0.4, 0.5) is 10.6 Å². The van der Waals surface area contributed by atoms with Crippen LogP contribution in [-0.4, -0.2) is 29.2 Å². The lowest BCUT2D eigenvalue weighted by Crippen LogP contribution is -2.25. The predicted molar refractivity (Wildman–Crippen MR) is 66.4 cm³/mol. The van der Waals surface area contributed by atoms with E-state index in [0.717, 1.165) is 5.56 Å². The molecule has 94 valence electrons. The van der Waals surface area contributed by atoms with Crippen LogP contribution in [0.1, 0.15) is 25.8 Å². The molecule has 0 saturated carbocycles. The molecule has 5 nitrogen and oxygen atoms in total. The van der Waals surface area contributed by atoms with Gasteiger partial charge in [-0.25, -0.2) is 9.78 Å². The summed E-state index contributed by atoms with van der Waals surface area (Å²) in [4.78, 5) is 20.5. The molecule has 1 amide bonds. The third-order valence-corrected chi connectivity index (χ3v) is 2.11. The largest absolute Gasteiger partial charge is 0.447 e. The second-order valence-corrected chi connectivity index (χ2v) is 3.96. The van der Waals surface area contributed by atoms with Crippen LogP contribution in [0.15, 0.2) is 6.20 Å². The van der Waals surface area contributed by atoms with Crippen LogP contribution in [-0.2, 0) is 4.74 Å². The summed E-state index contributed by atoms with van der Waals surface area (Å²) in [5.41, 5.74) is 0.799. The fourth-order valence-corrected chi connectivity index (χ4v) is 1.40. The molecule has 1 fully saturated rings. The van der Waals surface area contributed by atoms with Gasteiger partial charge in [-0.05, 0) is 18.5 Å². The monoisotopic (exact) mass is 257 g/mol. The minimum Gasteiger partial charge on any atom is -0.447 e. The van der Waals surface area contributed by atoms with Gasteiger partial charge in [0.1, 0.15) is 12.4 Å². The Labute approximate surface area is 106 Å². The second kappa shape index (κ2) is 6.39. The number of carbonyl (C=O) groups excluding carboxylic acids is 1. The van der Waals surface area contributed by atoms with Crippen LogP contribution in [0.25, 0.3) is 0 Å². The molecule has 6 heteroatoms. The van der Waals surface area contributed by atoms with Gasteiger partial charge in [0.05, 0.1) is 6.54 Å². The smallest absolute Gasteiger partial charge is 0.415 e. The summed E-state index contributed by atoms with van der Waals surface area (Å²) in [6, 6.07) is 0. The van der Waals surface area contributed by atoms with Crippen LogP contribution in [0, 0.1) is 6.92 Å². The van der Waals surface area contributed by atoms with E-state index < -0.39 is 0 Å². The lowest BCUT2D eigenvalue weighted by atomic mass is 10.3. The van der Waals surface area contributed by atoms with Gasteiger partial charge in [0.2, 0.25) is 5.28 Å². The minimum absolute atomic E-state index is 0.130. The zero-order valence-corrected chi connectivity index (χ0v) is 11.0. The highest BCUT2D eigenvalue weighted by Crippen LogP contribution is 2.20. The van der Waals surface area contributed by atoms with Gasteiger partial charge < -0.3 is 4.74 Å². The third kappa shape index (κ3) is 3.56. The number of hydrogen-bond acceptors (Lipinski definition) is 4. The fourth-order valence-electron chi connectivity index (χ4n) is 1.27. The number of hydrogen-bond donors (Lipinski definition) is 0. The van der Waals surface area contributed by atoms with Gasteiger partial charge >= 0.3 is 6.09 Å². The van der Waals surface area contributed by atoms with Crippen molar-refractivity contribution < 1.29 is 9.53 Å². The molecule has 2 rings (SSSR count). The van der Waals surface area contributed by atoms with Crippen molar-refractivity contribution in [1.29, 1.82) is 0 Å². The van der Waals surface area contributed by atoms with E-state index in [9.17, 15) is 4.79 Å². The molecule has 1 aliphatic rings. The first kappa shape index (κ1) is 13.7. The van der Waals surface area contributed by atoms with Crippen molar-refractivity contribution in [2.45, 2.75) is 27.2 Å². The van der Waals surface area contributed by atoms with Gasteiger partial charge in [0, 0.05) is 11.8 Å². The molecule has 0 aliphatic carbocycles. The Morgan fingerprint density at radius 2 is 2.18 bits per heavy atom. The Balaban J connectivity index is 0.000000437. The lowest BCUT2D eigenvalue weighted by Gasteiger charge is -2.13. The Morgan fingerprint density at radius 1 is 1.53 bits per heavy atom. The summed E-state index contributed by atoms with van der Waals surface area (Å²) >= 11 is 5.64. The first-order valence-electron chi connectivity index (χ1n) is 5.53. The molecular weight excluding hydrogens is 242 g/mol. The number of rotatable bonds is 1. The number of amides is 1. The number of nitrogens with zero attached hydrogens (tertiary/aromatic N) is 3. The van der Waals surface area contributed by atoms with Crippen LogP contribution in [0.3, 0.4) is 0 Å². The number of carbonyl (C=O) groups is 1. The van der Waals surface area contributed by atoms with E-state index in [4.69, 9.17) is 16.3 Å². The summed E-state index contributed by atoms with van der Waals surface area (Å²) in [6.07, 6.45) is 2.44. The Hall–Kier alpha value is -1.36. The van der Waals surface area contributed by atoms with Crippen molar-refractivity contribution in [3.05, 3.63) is 17.0 Å². The van der Waals surface area contributed by atoms with E-state index >= 15 is 0 Å². The van der Waals surface area contributed by atoms with E-state index in [1.807, 2.05) is 6.92 Å². The van der Waals surface area contributed by atoms with Gasteiger partial charge in [0.25, 0.3) is 0 Å². The van der Waals surface area contributed by atoms with E-state index in [-0.39, 0.29) is 11.4 Å². The zero-order valence-electron chi connectivity index (χ0n) is 10.2. The first-order chi connectivity index (χ1) is 8.10. The Bertz CT molecular complexity index is 398. The molecule has 0 bridgehead atoms. The Kier molecular flexibility index (Phi) is 5.15. The van der Waals surface area contributed by atoms with Crippen molar-refractivity contribution in [3.8, 4) is 0 Å². The highest BCUT2D eigenvalue weighted by atomic mass is 35.5. The third-order valence-electron chi connectivity index (χ3n) is 1.93. The van der Waals surface area contributed by atoms with Gasteiger partial charge in [-0.15, -0.1) is 0 Å². The standard InChI is InChI=1S/C8H8ClN3O2.C3H8/c1-5-4-10-7(9)11-6(5)12-2-3-14-8(12)13;1-3-2/h4H,2-3H2,1H3;3H2,1-2H3. The molecule has 1 saturated heterocycles. The number of halogens is 1. The van der Waals surface area contributed by atoms with Crippen molar-refractivity contribution in [3.63, 3.8) is 0 Å². The number of aromatic nitrogens is 2. The topological polar surface area (TPSA) is 55.3 Å². The Morgan fingerprint density at radius 3 is 2.71 bits per heavy atom. The minimum atomic E-state index is -0.386. The molecule has 0 radical (unpaired) electrons. The van der Waals surface area contributed by atoms with Crippen molar-refractivity contribution in [1.82, 2.24) is 9.97 Å². The number of ether oxygens (including phenoxy) is 1. The molecular formula is C11H16ClN3O2. The number of anilines is 1. The van der Waals surface area contributed by atoms with Crippen LogP contribution in [0.2, 0.25) is 5.28 Å². The quantitative estimate of drug-likeness (QED) is 0.726. The summed E-state index contributed by atoms with van der Waals surface area (Å²) in [6.45, 7) is 6.96. The first-order valence-corrected chi connectivity index (χ1v) is 5.91. The van der Waals surface area contributed by atoms with Gasteiger partial charge in [-0.2, -0.15) is 4.98 Å². The van der Waals surface area contributed by atoms with E-state index in [2.05, 4.69) is 23.8 Å². The maximum absolute atomic E-state index is 11.2. The van der Waals surface area contributed by atoms with E-state index in [1.54, 1.807) is 6.20 Å². The molecule has 0 unspecified atom stereocenters. The van der Waals surface area contributed by atoms with Crippen molar-refractivity contribution >= 4 is 23.5 Å². The number of cyclic esters (lactones) is 1. The highest BCUT2D eigenvalue weighted by molar-refractivity contribution is 6.28. The maximum Gasteiger partial charge on any atom is 0.415 e. The molecule has 0 aromatic carbocycles. The normalized spacial score (nSPS) is 14.1. The fraction of sp³-hybridized carbons (Fsp3) is 0.545. The average molecular weight is 258 g/mol. The molecule has 2 heterocycles. The van der Waals surface area contributed by atoms with Crippen LogP contribution < -0.4 is 4.90 Å². The van der Waals surface area contributed by atoms with Crippen LogP contribution >= 0.6 is 11.6 Å². The summed E-state index contributed by atoms with van der Waals surface area (Å²) in [5.74, 6) is 0.521. The molecule has 0 spiro atoms. The van der Waals surface area contributed by atoms with E-state index in [1.165, 1.54) is 11.3 Å². The second-order valence-electron chi connectivity index (χ2n) is 3.62. The highest BCUT2D eigenvalue weighted by Gasteiger charge is 2.26. The molecule has 1 aromatic heterocycles. The molecule has 17 heavy (non-hydrogen) atoms.